The van der Waals surface area contributed by atoms with E-state index in [9.17, 15) is 40.6 Å². The SMILES string of the molecule is CC(=O)Nc1cccc(N=Nc2c(S(=O)(=O)O)cc3cc(S(=O)(=O)O)cc(NC(=O)c4ccccc4)c3c2O)c1. The Morgan fingerprint density at radius 3 is 2.12 bits per heavy atom. The Balaban J connectivity index is 1.95. The second kappa shape index (κ2) is 10.8. The fraction of sp³-hybridized carbons (Fsp3) is 0.0400. The van der Waals surface area contributed by atoms with Gasteiger partial charge in [-0.3, -0.25) is 18.7 Å². The number of nitrogens with zero attached hydrogens (tertiary/aromatic N) is 2. The smallest absolute Gasteiger partial charge is 0.296 e. The molecule has 206 valence electrons. The Bertz CT molecular complexity index is 1910. The second-order valence-electron chi connectivity index (χ2n) is 8.34. The average molecular weight is 585 g/mol. The van der Waals surface area contributed by atoms with Gasteiger partial charge < -0.3 is 15.7 Å². The second-order valence-corrected chi connectivity index (χ2v) is 11.2. The lowest BCUT2D eigenvalue weighted by Gasteiger charge is -2.15. The number of carbonyl (C=O) groups is 2. The molecular formula is C25H20N4O9S2. The van der Waals surface area contributed by atoms with Crippen LogP contribution in [0.3, 0.4) is 0 Å². The van der Waals surface area contributed by atoms with Crippen LogP contribution >= 0.6 is 0 Å². The van der Waals surface area contributed by atoms with E-state index in [-0.39, 0.29) is 33.6 Å². The maximum absolute atomic E-state index is 12.8. The van der Waals surface area contributed by atoms with E-state index in [1.807, 2.05) is 0 Å². The van der Waals surface area contributed by atoms with Crippen molar-refractivity contribution in [3.8, 4) is 5.75 Å². The highest BCUT2D eigenvalue weighted by molar-refractivity contribution is 7.86. The van der Waals surface area contributed by atoms with E-state index in [2.05, 4.69) is 20.9 Å². The van der Waals surface area contributed by atoms with Crippen molar-refractivity contribution in [2.75, 3.05) is 10.6 Å². The van der Waals surface area contributed by atoms with Crippen LogP contribution in [0, 0.1) is 0 Å². The van der Waals surface area contributed by atoms with Crippen molar-refractivity contribution in [3.05, 3.63) is 78.4 Å². The molecule has 0 spiro atoms. The van der Waals surface area contributed by atoms with Crippen LogP contribution in [-0.4, -0.2) is 42.9 Å². The van der Waals surface area contributed by atoms with E-state index in [0.717, 1.165) is 18.2 Å². The number of rotatable bonds is 7. The summed E-state index contributed by atoms with van der Waals surface area (Å²) < 4.78 is 67.8. The number of nitrogens with one attached hydrogen (secondary N) is 2. The first kappa shape index (κ1) is 28.3. The monoisotopic (exact) mass is 584 g/mol. The number of azo groups is 1. The predicted molar refractivity (Wildman–Crippen MR) is 145 cm³/mol. The minimum absolute atomic E-state index is 0.131. The number of hydrogen-bond donors (Lipinski definition) is 5. The van der Waals surface area contributed by atoms with Crippen LogP contribution in [-0.2, 0) is 25.0 Å². The van der Waals surface area contributed by atoms with Gasteiger partial charge in [0.15, 0.2) is 5.75 Å². The van der Waals surface area contributed by atoms with E-state index >= 15 is 0 Å². The Labute approximate surface area is 227 Å². The lowest BCUT2D eigenvalue weighted by Crippen LogP contribution is -2.13. The van der Waals surface area contributed by atoms with Crippen LogP contribution in [0.4, 0.5) is 22.7 Å². The molecule has 40 heavy (non-hydrogen) atoms. The Kier molecular flexibility index (Phi) is 7.66. The van der Waals surface area contributed by atoms with Gasteiger partial charge in [-0.1, -0.05) is 24.3 Å². The number of anilines is 2. The normalized spacial score (nSPS) is 12.0. The zero-order valence-electron chi connectivity index (χ0n) is 20.4. The molecule has 0 heterocycles. The third-order valence-corrected chi connectivity index (χ3v) is 7.11. The molecule has 13 nitrogen and oxygen atoms in total. The average Bonchev–Trinajstić information content (AvgIpc) is 2.87. The van der Waals surface area contributed by atoms with Gasteiger partial charge in [0, 0.05) is 23.6 Å². The third kappa shape index (κ3) is 6.29. The van der Waals surface area contributed by atoms with Crippen LogP contribution < -0.4 is 10.6 Å². The first-order chi connectivity index (χ1) is 18.7. The lowest BCUT2D eigenvalue weighted by atomic mass is 10.1. The zero-order valence-corrected chi connectivity index (χ0v) is 22.1. The summed E-state index contributed by atoms with van der Waals surface area (Å²) >= 11 is 0. The number of carbonyl (C=O) groups excluding carboxylic acids is 2. The quantitative estimate of drug-likeness (QED) is 0.151. The Hall–Kier alpha value is -4.70. The van der Waals surface area contributed by atoms with Gasteiger partial charge in [0.05, 0.1) is 16.3 Å². The number of hydrogen-bond acceptors (Lipinski definition) is 9. The molecule has 0 aliphatic carbocycles. The maximum atomic E-state index is 12.8. The van der Waals surface area contributed by atoms with Gasteiger partial charge in [-0.05, 0) is 53.9 Å². The molecular weight excluding hydrogens is 564 g/mol. The van der Waals surface area contributed by atoms with Crippen molar-refractivity contribution in [1.82, 2.24) is 0 Å². The fourth-order valence-corrected chi connectivity index (χ4v) is 4.94. The van der Waals surface area contributed by atoms with Crippen molar-refractivity contribution in [1.29, 1.82) is 0 Å². The zero-order chi connectivity index (χ0) is 29.2. The van der Waals surface area contributed by atoms with E-state index in [4.69, 9.17) is 0 Å². The van der Waals surface area contributed by atoms with Crippen LogP contribution in [0.1, 0.15) is 17.3 Å². The Morgan fingerprint density at radius 1 is 0.800 bits per heavy atom. The molecule has 0 fully saturated rings. The maximum Gasteiger partial charge on any atom is 0.296 e. The molecule has 0 saturated heterocycles. The van der Waals surface area contributed by atoms with Crippen LogP contribution in [0.25, 0.3) is 10.8 Å². The molecule has 4 aromatic rings. The van der Waals surface area contributed by atoms with Gasteiger partial charge in [-0.25, -0.2) is 0 Å². The molecule has 2 amide bonds. The molecule has 0 aliphatic rings. The molecule has 0 aliphatic heterocycles. The summed E-state index contributed by atoms with van der Waals surface area (Å²) in [7, 11) is -9.94. The number of phenols is 1. The molecule has 0 radical (unpaired) electrons. The number of phenolic OH excluding ortho intramolecular Hbond substituents is 1. The van der Waals surface area contributed by atoms with E-state index in [0.29, 0.717) is 5.69 Å². The lowest BCUT2D eigenvalue weighted by molar-refractivity contribution is -0.114. The van der Waals surface area contributed by atoms with Gasteiger partial charge in [-0.15, -0.1) is 5.11 Å². The minimum atomic E-state index is -5.07. The summed E-state index contributed by atoms with van der Waals surface area (Å²) in [6.45, 7) is 1.29. The van der Waals surface area contributed by atoms with Gasteiger partial charge in [-0.2, -0.15) is 21.9 Å². The molecule has 5 N–H and O–H groups in total. The number of aromatic hydroxyl groups is 1. The Morgan fingerprint density at radius 2 is 1.50 bits per heavy atom. The predicted octanol–water partition coefficient (Wildman–Crippen LogP) is 4.66. The summed E-state index contributed by atoms with van der Waals surface area (Å²) in [4.78, 5) is 22.5. The highest BCUT2D eigenvalue weighted by Crippen LogP contribution is 2.45. The summed E-state index contributed by atoms with van der Waals surface area (Å²) in [5, 5.41) is 23.3. The summed E-state index contributed by atoms with van der Waals surface area (Å²) in [5.74, 6) is -1.95. The highest BCUT2D eigenvalue weighted by atomic mass is 32.2. The standard InChI is InChI=1S/C25H20N4O9S2/c1-14(30)26-17-8-5-9-18(12-17)28-29-23-21(40(36,37)38)11-16-10-19(39(33,34)35)13-20(22(16)24(23)31)27-25(32)15-6-3-2-4-7-15/h2-13,31H,1H3,(H,26,30)(H,27,32)(H,33,34,35)(H,36,37,38). The molecule has 0 saturated carbocycles. The van der Waals surface area contributed by atoms with Crippen molar-refractivity contribution in [2.45, 2.75) is 16.7 Å². The number of amides is 2. The van der Waals surface area contributed by atoms with Crippen LogP contribution in [0.5, 0.6) is 5.75 Å². The first-order valence-corrected chi connectivity index (χ1v) is 14.1. The van der Waals surface area contributed by atoms with Crippen molar-refractivity contribution < 1.29 is 40.6 Å². The van der Waals surface area contributed by atoms with Gasteiger partial charge >= 0.3 is 0 Å². The summed E-state index contributed by atoms with van der Waals surface area (Å²) in [6.07, 6.45) is 0. The van der Waals surface area contributed by atoms with Crippen molar-refractivity contribution >= 4 is 65.6 Å². The van der Waals surface area contributed by atoms with Gasteiger partial charge in [0.25, 0.3) is 26.1 Å². The van der Waals surface area contributed by atoms with Crippen molar-refractivity contribution in [3.63, 3.8) is 0 Å². The first-order valence-electron chi connectivity index (χ1n) is 11.2. The molecule has 0 atom stereocenters. The number of benzene rings is 4. The van der Waals surface area contributed by atoms with E-state index in [1.54, 1.807) is 24.3 Å². The van der Waals surface area contributed by atoms with Gasteiger partial charge in [0.1, 0.15) is 10.6 Å². The molecule has 4 rings (SSSR count). The summed E-state index contributed by atoms with van der Waals surface area (Å²) in [6, 6.07) is 16.2. The summed E-state index contributed by atoms with van der Waals surface area (Å²) in [5.41, 5.74) is -0.394. The van der Waals surface area contributed by atoms with E-state index < -0.39 is 47.4 Å². The van der Waals surface area contributed by atoms with E-state index in [1.165, 1.54) is 37.3 Å². The molecule has 15 heteroatoms. The molecule has 0 bridgehead atoms. The highest BCUT2D eigenvalue weighted by Gasteiger charge is 2.26. The minimum Gasteiger partial charge on any atom is -0.505 e. The van der Waals surface area contributed by atoms with Crippen molar-refractivity contribution in [2.24, 2.45) is 10.2 Å². The molecule has 0 aromatic heterocycles. The van der Waals surface area contributed by atoms with Gasteiger partial charge in [0.2, 0.25) is 5.91 Å². The number of fused-ring (bicyclic) bond motifs is 1. The molecule has 0 unspecified atom stereocenters. The topological polar surface area (TPSA) is 212 Å². The third-order valence-electron chi connectivity index (χ3n) is 5.42. The van der Waals surface area contributed by atoms with Crippen LogP contribution in [0.15, 0.2) is 92.8 Å². The van der Waals surface area contributed by atoms with Crippen LogP contribution in [0.2, 0.25) is 0 Å². The molecule has 4 aromatic carbocycles. The fourth-order valence-electron chi connectivity index (χ4n) is 3.74. The largest absolute Gasteiger partial charge is 0.505 e.